The predicted molar refractivity (Wildman–Crippen MR) is 76.4 cm³/mol. The van der Waals surface area contributed by atoms with Crippen molar-refractivity contribution >= 4 is 17.6 Å². The third kappa shape index (κ3) is 2.16. The van der Waals surface area contributed by atoms with Crippen molar-refractivity contribution in [1.82, 2.24) is 0 Å². The molecule has 1 aliphatic rings. The lowest BCUT2D eigenvalue weighted by molar-refractivity contribution is -0.386. The van der Waals surface area contributed by atoms with Gasteiger partial charge in [-0.05, 0) is 0 Å². The number of carbonyl (C=O) groups is 2. The highest BCUT2D eigenvalue weighted by Crippen LogP contribution is 2.44. The Morgan fingerprint density at radius 2 is 1.91 bits per heavy atom. The van der Waals surface area contributed by atoms with E-state index in [2.05, 4.69) is 0 Å². The van der Waals surface area contributed by atoms with Crippen LogP contribution >= 0.6 is 0 Å². The van der Waals surface area contributed by atoms with E-state index in [0.717, 1.165) is 0 Å². The van der Waals surface area contributed by atoms with Crippen LogP contribution in [0.2, 0.25) is 0 Å². The van der Waals surface area contributed by atoms with E-state index < -0.39 is 28.2 Å². The fourth-order valence-electron chi connectivity index (χ4n) is 2.77. The summed E-state index contributed by atoms with van der Waals surface area (Å²) in [6.07, 6.45) is 3.92. The normalized spacial score (nSPS) is 23.7. The van der Waals surface area contributed by atoms with Crippen LogP contribution in [0.4, 0.5) is 5.69 Å². The number of nitrogens with zero attached hydrogens (tertiary/aromatic N) is 1. The fraction of sp³-hybridized carbons (Fsp3) is 0.200. The first-order valence-corrected chi connectivity index (χ1v) is 6.42. The fourth-order valence-corrected chi connectivity index (χ4v) is 2.77. The number of hydrogen-bond acceptors (Lipinski definition) is 4. The molecule has 7 heteroatoms. The van der Waals surface area contributed by atoms with Crippen LogP contribution in [0.3, 0.4) is 0 Å². The molecule has 2 atom stereocenters. The molecule has 0 radical (unpaired) electrons. The van der Waals surface area contributed by atoms with Gasteiger partial charge in [-0.1, -0.05) is 43.4 Å². The van der Waals surface area contributed by atoms with E-state index in [1.54, 1.807) is 0 Å². The summed E-state index contributed by atoms with van der Waals surface area (Å²) in [7, 11) is 0. The average molecular weight is 303 g/mol. The number of allylic oxidation sites excluding steroid dienone is 2. The van der Waals surface area contributed by atoms with E-state index in [0.29, 0.717) is 0 Å². The first-order valence-electron chi connectivity index (χ1n) is 6.42. The van der Waals surface area contributed by atoms with Crippen LogP contribution in [0.15, 0.2) is 48.1 Å². The second-order valence-electron chi connectivity index (χ2n) is 4.96. The number of benzene rings is 1. The Hall–Kier alpha value is -2.96. The molecule has 0 saturated carbocycles. The Kier molecular flexibility index (Phi) is 3.81. The summed E-state index contributed by atoms with van der Waals surface area (Å²) in [6.45, 7) is 1.44. The standard InChI is InChI=1S/C15H13NO6/c1-9-10(13(17)18)5-4-8-15(9,14(19)20)11-6-2-3-7-12(11)16(21)22/h2-9H,1H3,(H,17,18)(H,19,20)/t9?,15-/m0/s1. The molecule has 114 valence electrons. The minimum Gasteiger partial charge on any atom is -0.480 e. The third-order valence-electron chi connectivity index (χ3n) is 3.93. The summed E-state index contributed by atoms with van der Waals surface area (Å²) in [5.41, 5.74) is -2.30. The summed E-state index contributed by atoms with van der Waals surface area (Å²) in [6, 6.07) is 5.48. The minimum atomic E-state index is -1.80. The van der Waals surface area contributed by atoms with Gasteiger partial charge in [0.25, 0.3) is 5.69 Å². The first-order chi connectivity index (χ1) is 10.3. The number of para-hydroxylation sites is 1. The van der Waals surface area contributed by atoms with Gasteiger partial charge in [-0.25, -0.2) is 4.79 Å². The van der Waals surface area contributed by atoms with Gasteiger partial charge in [-0.3, -0.25) is 14.9 Å². The molecule has 2 rings (SSSR count). The van der Waals surface area contributed by atoms with Crippen LogP contribution < -0.4 is 0 Å². The summed E-state index contributed by atoms with van der Waals surface area (Å²) in [5.74, 6) is -3.55. The van der Waals surface area contributed by atoms with Crippen LogP contribution in [0, 0.1) is 16.0 Å². The highest BCUT2D eigenvalue weighted by atomic mass is 16.6. The maximum absolute atomic E-state index is 11.9. The molecule has 0 spiro atoms. The van der Waals surface area contributed by atoms with Crippen molar-refractivity contribution in [2.45, 2.75) is 12.3 Å². The molecule has 1 unspecified atom stereocenters. The average Bonchev–Trinajstić information content (AvgIpc) is 2.47. The molecule has 0 saturated heterocycles. The van der Waals surface area contributed by atoms with Crippen molar-refractivity contribution in [2.24, 2.45) is 5.92 Å². The lowest BCUT2D eigenvalue weighted by Crippen LogP contribution is -2.43. The topological polar surface area (TPSA) is 118 Å². The molecule has 2 N–H and O–H groups in total. The van der Waals surface area contributed by atoms with Crippen molar-refractivity contribution < 1.29 is 24.7 Å². The number of nitro benzene ring substituents is 1. The number of hydrogen-bond donors (Lipinski definition) is 2. The Balaban J connectivity index is 2.75. The lowest BCUT2D eigenvalue weighted by Gasteiger charge is -2.34. The van der Waals surface area contributed by atoms with Gasteiger partial charge >= 0.3 is 11.9 Å². The molecule has 22 heavy (non-hydrogen) atoms. The third-order valence-corrected chi connectivity index (χ3v) is 3.93. The lowest BCUT2D eigenvalue weighted by atomic mass is 9.65. The van der Waals surface area contributed by atoms with Crippen LogP contribution in [0.5, 0.6) is 0 Å². The Morgan fingerprint density at radius 1 is 1.27 bits per heavy atom. The van der Waals surface area contributed by atoms with E-state index in [4.69, 9.17) is 0 Å². The molecule has 0 aromatic heterocycles. The highest BCUT2D eigenvalue weighted by molar-refractivity contribution is 5.94. The van der Waals surface area contributed by atoms with E-state index in [9.17, 15) is 29.9 Å². The summed E-state index contributed by atoms with van der Waals surface area (Å²) >= 11 is 0. The molecule has 1 aromatic carbocycles. The number of carboxylic acids is 2. The van der Waals surface area contributed by atoms with Gasteiger partial charge < -0.3 is 10.2 Å². The van der Waals surface area contributed by atoms with Crippen molar-refractivity contribution in [3.63, 3.8) is 0 Å². The molecule has 0 fully saturated rings. The van der Waals surface area contributed by atoms with Gasteiger partial charge in [0.2, 0.25) is 0 Å². The molecule has 1 aromatic rings. The van der Waals surface area contributed by atoms with E-state index in [-0.39, 0.29) is 16.8 Å². The van der Waals surface area contributed by atoms with Crippen LogP contribution in [-0.4, -0.2) is 27.1 Å². The van der Waals surface area contributed by atoms with Gasteiger partial charge in [0.15, 0.2) is 0 Å². The molecular weight excluding hydrogens is 290 g/mol. The van der Waals surface area contributed by atoms with Gasteiger partial charge in [0.05, 0.1) is 10.5 Å². The van der Waals surface area contributed by atoms with Crippen molar-refractivity contribution in [1.29, 1.82) is 0 Å². The molecular formula is C15H13NO6. The number of aliphatic carboxylic acids is 2. The van der Waals surface area contributed by atoms with Crippen molar-refractivity contribution in [2.75, 3.05) is 0 Å². The molecule has 0 amide bonds. The maximum atomic E-state index is 11.9. The minimum absolute atomic E-state index is 0.0388. The number of nitro groups is 1. The van der Waals surface area contributed by atoms with E-state index >= 15 is 0 Å². The molecule has 7 nitrogen and oxygen atoms in total. The second-order valence-corrected chi connectivity index (χ2v) is 4.96. The number of carboxylic acid groups (broad SMARTS) is 2. The Bertz CT molecular complexity index is 720. The zero-order valence-corrected chi connectivity index (χ0v) is 11.6. The SMILES string of the molecule is CC1C(C(=O)O)=CC=C[C@@]1(C(=O)O)c1ccccc1[N+](=O)[O-]. The van der Waals surface area contributed by atoms with E-state index in [1.807, 2.05) is 0 Å². The maximum Gasteiger partial charge on any atom is 0.331 e. The van der Waals surface area contributed by atoms with Crippen LogP contribution in [0.25, 0.3) is 0 Å². The smallest absolute Gasteiger partial charge is 0.331 e. The van der Waals surface area contributed by atoms with E-state index in [1.165, 1.54) is 49.4 Å². The second kappa shape index (κ2) is 5.44. The Morgan fingerprint density at radius 3 is 2.45 bits per heavy atom. The summed E-state index contributed by atoms with van der Waals surface area (Å²) in [4.78, 5) is 33.8. The molecule has 1 aliphatic carbocycles. The van der Waals surface area contributed by atoms with Crippen LogP contribution in [-0.2, 0) is 15.0 Å². The summed E-state index contributed by atoms with van der Waals surface area (Å²) in [5, 5.41) is 30.2. The molecule has 0 aliphatic heterocycles. The first kappa shape index (κ1) is 15.4. The van der Waals surface area contributed by atoms with Crippen LogP contribution in [0.1, 0.15) is 12.5 Å². The zero-order chi connectivity index (χ0) is 16.5. The van der Waals surface area contributed by atoms with Gasteiger partial charge in [-0.2, -0.15) is 0 Å². The van der Waals surface area contributed by atoms with Gasteiger partial charge in [-0.15, -0.1) is 0 Å². The van der Waals surface area contributed by atoms with Crippen molar-refractivity contribution in [3.05, 3.63) is 63.7 Å². The van der Waals surface area contributed by atoms with Crippen molar-refractivity contribution in [3.8, 4) is 0 Å². The Labute approximate surface area is 125 Å². The highest BCUT2D eigenvalue weighted by Gasteiger charge is 2.50. The largest absolute Gasteiger partial charge is 0.480 e. The predicted octanol–water partition coefficient (Wildman–Crippen LogP) is 2.13. The monoisotopic (exact) mass is 303 g/mol. The molecule has 0 heterocycles. The number of rotatable bonds is 4. The van der Waals surface area contributed by atoms with Gasteiger partial charge in [0.1, 0.15) is 5.41 Å². The van der Waals surface area contributed by atoms with Gasteiger partial charge in [0, 0.05) is 17.6 Å². The summed E-state index contributed by atoms with van der Waals surface area (Å²) < 4.78 is 0. The zero-order valence-electron chi connectivity index (χ0n) is 11.6. The molecule has 0 bridgehead atoms. The quantitative estimate of drug-likeness (QED) is 0.650.